The van der Waals surface area contributed by atoms with E-state index < -0.39 is 0 Å². The van der Waals surface area contributed by atoms with E-state index in [1.807, 2.05) is 12.1 Å². The minimum atomic E-state index is -0.336. The zero-order valence-electron chi connectivity index (χ0n) is 13.4. The monoisotopic (exact) mass is 374 g/mol. The number of phenols is 2. The Balaban J connectivity index is 1.86. The van der Waals surface area contributed by atoms with E-state index in [-0.39, 0.29) is 22.1 Å². The van der Waals surface area contributed by atoms with E-state index in [0.717, 1.165) is 21.7 Å². The summed E-state index contributed by atoms with van der Waals surface area (Å²) in [4.78, 5) is 19.3. The maximum absolute atomic E-state index is 12.7. The van der Waals surface area contributed by atoms with Gasteiger partial charge in [-0.25, -0.2) is 4.98 Å². The van der Waals surface area contributed by atoms with Crippen LogP contribution in [0.1, 0.15) is 29.6 Å². The Bertz CT molecular complexity index is 1070. The lowest BCUT2D eigenvalue weighted by molar-refractivity contribution is 0.404. The van der Waals surface area contributed by atoms with Crippen LogP contribution in [0, 0.1) is 0 Å². The molecule has 0 spiro atoms. The summed E-state index contributed by atoms with van der Waals surface area (Å²) in [6.07, 6.45) is 3.40. The zero-order valence-corrected chi connectivity index (χ0v) is 15.0. The highest BCUT2D eigenvalue weighted by molar-refractivity contribution is 7.18. The van der Waals surface area contributed by atoms with Gasteiger partial charge in [0.2, 0.25) is 0 Å². The van der Waals surface area contributed by atoms with Gasteiger partial charge in [0, 0.05) is 11.4 Å². The number of aryl methyl sites for hydroxylation is 1. The third-order valence-corrected chi connectivity index (χ3v) is 5.81. The molecule has 0 saturated heterocycles. The number of hydrogen-bond acceptors (Lipinski definition) is 5. The molecule has 0 bridgehead atoms. The summed E-state index contributed by atoms with van der Waals surface area (Å²) in [6.45, 7) is 2.64. The van der Waals surface area contributed by atoms with E-state index in [9.17, 15) is 15.0 Å². The molecule has 0 aliphatic carbocycles. The molecule has 5 nitrogen and oxygen atoms in total. The average molecular weight is 375 g/mol. The van der Waals surface area contributed by atoms with Crippen molar-refractivity contribution in [2.75, 3.05) is 0 Å². The van der Waals surface area contributed by atoms with Crippen molar-refractivity contribution in [3.8, 4) is 11.5 Å². The van der Waals surface area contributed by atoms with Gasteiger partial charge in [-0.1, -0.05) is 18.5 Å². The van der Waals surface area contributed by atoms with Gasteiger partial charge in [0.15, 0.2) is 11.5 Å². The number of hydrogen-bond donors (Lipinski definition) is 2. The van der Waals surface area contributed by atoms with Gasteiger partial charge < -0.3 is 10.2 Å². The first-order valence-corrected chi connectivity index (χ1v) is 9.13. The molecule has 1 aliphatic rings. The van der Waals surface area contributed by atoms with Gasteiger partial charge in [0.25, 0.3) is 5.56 Å². The van der Waals surface area contributed by atoms with E-state index in [2.05, 4.69) is 6.92 Å². The molecule has 3 heterocycles. The van der Waals surface area contributed by atoms with Crippen LogP contribution in [0.3, 0.4) is 0 Å². The fraction of sp³-hybridized carbons (Fsp3) is 0.222. The van der Waals surface area contributed by atoms with Gasteiger partial charge in [-0.15, -0.1) is 11.3 Å². The lowest BCUT2D eigenvalue weighted by Gasteiger charge is -2.05. The minimum absolute atomic E-state index is 0.00839. The number of phenolic OH excluding ortho intramolecular Hbond substituents is 2. The maximum Gasteiger partial charge on any atom is 0.262 e. The summed E-state index contributed by atoms with van der Waals surface area (Å²) < 4.78 is 1.70. The highest BCUT2D eigenvalue weighted by atomic mass is 35.5. The van der Waals surface area contributed by atoms with Crippen molar-refractivity contribution in [3.63, 3.8) is 0 Å². The van der Waals surface area contributed by atoms with E-state index >= 15 is 0 Å². The number of rotatable bonds is 2. The predicted octanol–water partition coefficient (Wildman–Crippen LogP) is 4.03. The van der Waals surface area contributed by atoms with Crippen molar-refractivity contribution in [2.24, 2.45) is 0 Å². The highest BCUT2D eigenvalue weighted by Crippen LogP contribution is 2.36. The molecule has 1 aromatic carbocycles. The van der Waals surface area contributed by atoms with Crippen LogP contribution in [0.5, 0.6) is 11.5 Å². The number of nitrogens with zero attached hydrogens (tertiary/aromatic N) is 2. The molecular formula is C18H15ClN2O3S. The molecule has 2 aromatic heterocycles. The second kappa shape index (κ2) is 5.89. The first kappa shape index (κ1) is 16.2. The molecule has 3 aromatic rings. The van der Waals surface area contributed by atoms with Crippen molar-refractivity contribution < 1.29 is 10.2 Å². The normalized spacial score (nSPS) is 15.2. The summed E-state index contributed by atoms with van der Waals surface area (Å²) in [7, 11) is 0. The van der Waals surface area contributed by atoms with Crippen LogP contribution in [0.2, 0.25) is 5.02 Å². The van der Waals surface area contributed by atoms with E-state index in [1.165, 1.54) is 6.07 Å². The first-order chi connectivity index (χ1) is 12.0. The number of fused-ring (bicyclic) bond motifs is 2. The standard InChI is InChI=1S/C18H15ClN2O3S/c1-2-11-8-12-17(25-11)20-16-10(3-4-21(16)18(12)24)5-9-6-13(19)15(23)14(22)7-9/h5-8,22-23H,2-4H2,1H3/b10-5+. The lowest BCUT2D eigenvalue weighted by atomic mass is 10.1. The first-order valence-electron chi connectivity index (χ1n) is 7.93. The van der Waals surface area contributed by atoms with E-state index in [4.69, 9.17) is 16.6 Å². The van der Waals surface area contributed by atoms with Crippen LogP contribution in [0.15, 0.2) is 23.0 Å². The van der Waals surface area contributed by atoms with Crippen LogP contribution in [-0.4, -0.2) is 19.8 Å². The number of thiophene rings is 1. The Morgan fingerprint density at radius 1 is 1.36 bits per heavy atom. The van der Waals surface area contributed by atoms with Gasteiger partial charge in [-0.2, -0.15) is 0 Å². The molecule has 0 fully saturated rings. The third-order valence-electron chi connectivity index (χ3n) is 4.35. The lowest BCUT2D eigenvalue weighted by Crippen LogP contribution is -2.19. The molecule has 2 N–H and O–H groups in total. The summed E-state index contributed by atoms with van der Waals surface area (Å²) in [5.41, 5.74) is 1.55. The molecule has 1 aliphatic heterocycles. The summed E-state index contributed by atoms with van der Waals surface area (Å²) >= 11 is 7.47. The summed E-state index contributed by atoms with van der Waals surface area (Å²) in [6, 6.07) is 4.94. The second-order valence-electron chi connectivity index (χ2n) is 5.97. The van der Waals surface area contributed by atoms with Crippen LogP contribution < -0.4 is 5.56 Å². The average Bonchev–Trinajstić information content (AvgIpc) is 3.17. The topological polar surface area (TPSA) is 75.4 Å². The predicted molar refractivity (Wildman–Crippen MR) is 101 cm³/mol. The van der Waals surface area contributed by atoms with Crippen molar-refractivity contribution in [1.29, 1.82) is 0 Å². The van der Waals surface area contributed by atoms with Crippen molar-refractivity contribution >= 4 is 44.8 Å². The van der Waals surface area contributed by atoms with Gasteiger partial charge in [0.05, 0.1) is 10.4 Å². The fourth-order valence-electron chi connectivity index (χ4n) is 3.06. The van der Waals surface area contributed by atoms with Gasteiger partial charge >= 0.3 is 0 Å². The maximum atomic E-state index is 12.7. The van der Waals surface area contributed by atoms with Gasteiger partial charge in [-0.05, 0) is 48.3 Å². The SMILES string of the molecule is CCc1cc2c(=O)n3c(nc2s1)/C(=C/c1cc(O)c(O)c(Cl)c1)CC3. The minimum Gasteiger partial charge on any atom is -0.504 e. The molecule has 7 heteroatoms. The molecule has 128 valence electrons. The molecule has 0 unspecified atom stereocenters. The third kappa shape index (κ3) is 2.62. The Hall–Kier alpha value is -2.31. The zero-order chi connectivity index (χ0) is 17.7. The van der Waals surface area contributed by atoms with Crippen molar-refractivity contribution in [2.45, 2.75) is 26.3 Å². The van der Waals surface area contributed by atoms with E-state index in [1.54, 1.807) is 22.0 Å². The molecule has 25 heavy (non-hydrogen) atoms. The van der Waals surface area contributed by atoms with Gasteiger partial charge in [0.1, 0.15) is 10.7 Å². The number of benzene rings is 1. The number of aromatic hydroxyl groups is 2. The molecular weight excluding hydrogens is 360 g/mol. The van der Waals surface area contributed by atoms with E-state index in [0.29, 0.717) is 29.7 Å². The number of halogens is 1. The largest absolute Gasteiger partial charge is 0.504 e. The smallest absolute Gasteiger partial charge is 0.262 e. The summed E-state index contributed by atoms with van der Waals surface area (Å²) in [5.74, 6) is 0.0482. The second-order valence-corrected chi connectivity index (χ2v) is 7.49. The Morgan fingerprint density at radius 2 is 2.16 bits per heavy atom. The molecule has 0 amide bonds. The quantitative estimate of drug-likeness (QED) is 0.664. The van der Waals surface area contributed by atoms with Crippen LogP contribution in [0.25, 0.3) is 21.9 Å². The Labute approximate surface area is 152 Å². The molecule has 0 saturated carbocycles. The fourth-order valence-corrected chi connectivity index (χ4v) is 4.24. The number of allylic oxidation sites excluding steroid dienone is 1. The van der Waals surface area contributed by atoms with Crippen LogP contribution >= 0.6 is 22.9 Å². The highest BCUT2D eigenvalue weighted by Gasteiger charge is 2.22. The van der Waals surface area contributed by atoms with Crippen molar-refractivity contribution in [3.05, 3.63) is 49.8 Å². The summed E-state index contributed by atoms with van der Waals surface area (Å²) in [5, 5.41) is 20.1. The Kier molecular flexibility index (Phi) is 3.81. The molecule has 0 atom stereocenters. The number of aromatic nitrogens is 2. The van der Waals surface area contributed by atoms with Crippen molar-refractivity contribution in [1.82, 2.24) is 9.55 Å². The van der Waals surface area contributed by atoms with Crippen LogP contribution in [0.4, 0.5) is 0 Å². The Morgan fingerprint density at radius 3 is 2.88 bits per heavy atom. The molecule has 0 radical (unpaired) electrons. The van der Waals surface area contributed by atoms with Gasteiger partial charge in [-0.3, -0.25) is 9.36 Å². The van der Waals surface area contributed by atoms with Crippen LogP contribution in [-0.2, 0) is 13.0 Å². The molecule has 4 rings (SSSR count).